The lowest BCUT2D eigenvalue weighted by molar-refractivity contribution is -0.135. The van der Waals surface area contributed by atoms with Crippen molar-refractivity contribution in [2.24, 2.45) is 0 Å². The molecule has 2 saturated heterocycles. The average Bonchev–Trinajstić information content (AvgIpc) is 3.21. The summed E-state index contributed by atoms with van der Waals surface area (Å²) in [6.07, 6.45) is 6.85. The zero-order valence-electron chi connectivity index (χ0n) is 15.9. The Bertz CT molecular complexity index is 687. The summed E-state index contributed by atoms with van der Waals surface area (Å²) in [4.78, 5) is 29.1. The van der Waals surface area contributed by atoms with E-state index in [0.717, 1.165) is 51.1 Å². The van der Waals surface area contributed by atoms with E-state index < -0.39 is 0 Å². The maximum absolute atomic E-state index is 13.1. The first-order valence-electron chi connectivity index (χ1n) is 10.3. The molecule has 2 amide bonds. The highest BCUT2D eigenvalue weighted by Gasteiger charge is 2.32. The molecule has 1 unspecified atom stereocenters. The van der Waals surface area contributed by atoms with Gasteiger partial charge in [-0.2, -0.15) is 0 Å². The van der Waals surface area contributed by atoms with Crippen molar-refractivity contribution in [1.29, 1.82) is 0 Å². The molecule has 1 N–H and O–H groups in total. The van der Waals surface area contributed by atoms with E-state index in [1.54, 1.807) is 0 Å². The minimum absolute atomic E-state index is 0.0409. The van der Waals surface area contributed by atoms with Crippen LogP contribution in [0, 0.1) is 0 Å². The molecule has 1 atom stereocenters. The van der Waals surface area contributed by atoms with Gasteiger partial charge in [-0.05, 0) is 56.7 Å². The van der Waals surface area contributed by atoms with Gasteiger partial charge >= 0.3 is 0 Å². The molecule has 6 heteroatoms. The molecule has 0 aromatic heterocycles. The number of rotatable bonds is 4. The highest BCUT2D eigenvalue weighted by Crippen LogP contribution is 2.25. The maximum atomic E-state index is 13.1. The van der Waals surface area contributed by atoms with Crippen molar-refractivity contribution in [3.63, 3.8) is 0 Å². The molecule has 2 aliphatic heterocycles. The Labute approximate surface area is 160 Å². The Balaban J connectivity index is 1.41. The number of piperidine rings is 1. The van der Waals surface area contributed by atoms with Gasteiger partial charge < -0.3 is 19.9 Å². The highest BCUT2D eigenvalue weighted by atomic mass is 16.5. The second-order valence-corrected chi connectivity index (χ2v) is 7.86. The largest absolute Gasteiger partial charge is 0.490 e. The lowest BCUT2D eigenvalue weighted by Crippen LogP contribution is -2.57. The van der Waals surface area contributed by atoms with Crippen molar-refractivity contribution in [2.45, 2.75) is 50.7 Å². The summed E-state index contributed by atoms with van der Waals surface area (Å²) in [5.41, 5.74) is 0.679. The summed E-state index contributed by atoms with van der Waals surface area (Å²) in [5, 5.41) is 3.11. The van der Waals surface area contributed by atoms with Gasteiger partial charge in [0.05, 0.1) is 12.6 Å². The summed E-state index contributed by atoms with van der Waals surface area (Å²) in [5.74, 6) is 0.977. The average molecular weight is 371 g/mol. The Hall–Kier alpha value is -2.08. The van der Waals surface area contributed by atoms with E-state index in [2.05, 4.69) is 5.32 Å². The topological polar surface area (TPSA) is 61.9 Å². The van der Waals surface area contributed by atoms with Gasteiger partial charge in [-0.25, -0.2) is 0 Å². The quantitative estimate of drug-likeness (QED) is 0.880. The number of amides is 2. The van der Waals surface area contributed by atoms with Gasteiger partial charge in [0.15, 0.2) is 0 Å². The molecule has 1 aliphatic carbocycles. The van der Waals surface area contributed by atoms with Crippen LogP contribution in [0.25, 0.3) is 0 Å². The number of piperazine rings is 1. The predicted octanol–water partition coefficient (Wildman–Crippen LogP) is 2.04. The van der Waals surface area contributed by atoms with Crippen molar-refractivity contribution < 1.29 is 14.3 Å². The van der Waals surface area contributed by atoms with Crippen LogP contribution >= 0.6 is 0 Å². The molecule has 0 spiro atoms. The molecule has 2 heterocycles. The van der Waals surface area contributed by atoms with Crippen molar-refractivity contribution >= 4 is 11.8 Å². The lowest BCUT2D eigenvalue weighted by atomic mass is 10.0. The molecule has 6 nitrogen and oxygen atoms in total. The van der Waals surface area contributed by atoms with Crippen molar-refractivity contribution in [3.05, 3.63) is 29.8 Å². The second kappa shape index (κ2) is 8.30. The number of hydrogen-bond acceptors (Lipinski definition) is 4. The predicted molar refractivity (Wildman–Crippen MR) is 103 cm³/mol. The number of ether oxygens (including phenoxy) is 1. The minimum atomic E-state index is 0.0409. The highest BCUT2D eigenvalue weighted by molar-refractivity contribution is 5.94. The molecule has 27 heavy (non-hydrogen) atoms. The van der Waals surface area contributed by atoms with Crippen LogP contribution < -0.4 is 10.1 Å². The molecule has 1 saturated carbocycles. The third kappa shape index (κ3) is 4.26. The first-order valence-corrected chi connectivity index (χ1v) is 10.3. The molecule has 1 aromatic rings. The van der Waals surface area contributed by atoms with Crippen LogP contribution in [0.5, 0.6) is 5.75 Å². The van der Waals surface area contributed by atoms with Crippen LogP contribution in [0.15, 0.2) is 24.3 Å². The first kappa shape index (κ1) is 18.3. The van der Waals surface area contributed by atoms with E-state index in [-0.39, 0.29) is 24.0 Å². The van der Waals surface area contributed by atoms with Gasteiger partial charge in [0.1, 0.15) is 5.75 Å². The number of hydrogen-bond donors (Lipinski definition) is 1. The summed E-state index contributed by atoms with van der Waals surface area (Å²) >= 11 is 0. The monoisotopic (exact) mass is 371 g/mol. The first-order chi connectivity index (χ1) is 13.2. The number of carbonyl (C=O) groups is 2. The van der Waals surface area contributed by atoms with Crippen LogP contribution in [-0.2, 0) is 4.79 Å². The van der Waals surface area contributed by atoms with Gasteiger partial charge in [-0.15, -0.1) is 0 Å². The fourth-order valence-corrected chi connectivity index (χ4v) is 4.48. The molecule has 4 rings (SSSR count). The molecule has 0 bridgehead atoms. The van der Waals surface area contributed by atoms with Crippen molar-refractivity contribution in [2.75, 3.05) is 32.7 Å². The molecule has 0 radical (unpaired) electrons. The number of nitrogens with zero attached hydrogens (tertiary/aromatic N) is 2. The van der Waals surface area contributed by atoms with Crippen LogP contribution in [0.3, 0.4) is 0 Å². The van der Waals surface area contributed by atoms with E-state index in [4.69, 9.17) is 4.74 Å². The zero-order valence-corrected chi connectivity index (χ0v) is 15.9. The Morgan fingerprint density at radius 2 is 1.96 bits per heavy atom. The minimum Gasteiger partial charge on any atom is -0.490 e. The molecular formula is C21H29N3O3. The fraction of sp³-hybridized carbons (Fsp3) is 0.619. The van der Waals surface area contributed by atoms with Crippen LogP contribution in [0.2, 0.25) is 0 Å². The van der Waals surface area contributed by atoms with Gasteiger partial charge in [0.25, 0.3) is 5.91 Å². The molecule has 146 valence electrons. The summed E-state index contributed by atoms with van der Waals surface area (Å²) in [6.45, 7) is 3.35. The molecule has 3 fully saturated rings. The number of likely N-dealkylation sites (tertiary alicyclic amines) is 1. The van der Waals surface area contributed by atoms with E-state index in [9.17, 15) is 9.59 Å². The fourth-order valence-electron chi connectivity index (χ4n) is 4.48. The third-order valence-electron chi connectivity index (χ3n) is 5.94. The third-order valence-corrected chi connectivity index (χ3v) is 5.94. The summed E-state index contributed by atoms with van der Waals surface area (Å²) < 4.78 is 6.05. The van der Waals surface area contributed by atoms with E-state index in [1.807, 2.05) is 34.1 Å². The van der Waals surface area contributed by atoms with Crippen LogP contribution in [0.4, 0.5) is 0 Å². The SMILES string of the molecule is O=C(c1cccc(OC2CCCC2)c1)N1CCCC(N2CCNCC2=O)C1. The zero-order chi connectivity index (χ0) is 18.6. The Kier molecular flexibility index (Phi) is 5.62. The molecule has 1 aromatic carbocycles. The number of benzene rings is 1. The smallest absolute Gasteiger partial charge is 0.254 e. The van der Waals surface area contributed by atoms with Crippen LogP contribution in [-0.4, -0.2) is 66.5 Å². The van der Waals surface area contributed by atoms with E-state index >= 15 is 0 Å². The molecule has 3 aliphatic rings. The summed E-state index contributed by atoms with van der Waals surface area (Å²) in [7, 11) is 0. The van der Waals surface area contributed by atoms with Gasteiger partial charge in [0.2, 0.25) is 5.91 Å². The number of nitrogens with one attached hydrogen (secondary N) is 1. The Morgan fingerprint density at radius 1 is 1.11 bits per heavy atom. The van der Waals surface area contributed by atoms with Crippen LogP contribution in [0.1, 0.15) is 48.9 Å². The molecular weight excluding hydrogens is 342 g/mol. The van der Waals surface area contributed by atoms with Gasteiger partial charge in [-0.1, -0.05) is 6.07 Å². The normalized spacial score (nSPS) is 24.3. The summed E-state index contributed by atoms with van der Waals surface area (Å²) in [6, 6.07) is 7.71. The number of carbonyl (C=O) groups excluding carboxylic acids is 2. The van der Waals surface area contributed by atoms with Gasteiger partial charge in [0, 0.05) is 37.8 Å². The second-order valence-electron chi connectivity index (χ2n) is 7.86. The maximum Gasteiger partial charge on any atom is 0.254 e. The van der Waals surface area contributed by atoms with Crippen molar-refractivity contribution in [1.82, 2.24) is 15.1 Å². The van der Waals surface area contributed by atoms with Crippen molar-refractivity contribution in [3.8, 4) is 5.75 Å². The lowest BCUT2D eigenvalue weighted by Gasteiger charge is -2.41. The van der Waals surface area contributed by atoms with E-state index in [0.29, 0.717) is 18.7 Å². The Morgan fingerprint density at radius 3 is 2.78 bits per heavy atom. The van der Waals surface area contributed by atoms with E-state index in [1.165, 1.54) is 12.8 Å². The van der Waals surface area contributed by atoms with Gasteiger partial charge in [-0.3, -0.25) is 9.59 Å². The standard InChI is InChI=1S/C21H29N3O3/c25-20-14-22-10-12-24(20)17-6-4-11-23(15-17)21(26)16-5-3-9-19(13-16)27-18-7-1-2-8-18/h3,5,9,13,17-18,22H,1-2,4,6-8,10-12,14-15H2.